The molecular formula is C15H21ClN2O. The number of benzene rings is 1. The largest absolute Gasteiger partial charge is 0.342 e. The van der Waals surface area contributed by atoms with Crippen molar-refractivity contribution in [2.24, 2.45) is 11.7 Å². The minimum absolute atomic E-state index is 0. The molecule has 0 radical (unpaired) electrons. The molecule has 0 spiro atoms. The Bertz CT molecular complexity index is 475. The lowest BCUT2D eigenvalue weighted by Gasteiger charge is -2.32. The average molecular weight is 281 g/mol. The van der Waals surface area contributed by atoms with Crippen LogP contribution in [0.1, 0.15) is 30.4 Å². The molecule has 3 nitrogen and oxygen atoms in total. The Labute approximate surface area is 120 Å². The van der Waals surface area contributed by atoms with Crippen molar-refractivity contribution in [3.63, 3.8) is 0 Å². The highest BCUT2D eigenvalue weighted by Crippen LogP contribution is 2.37. The van der Waals surface area contributed by atoms with Gasteiger partial charge in [0.25, 0.3) is 0 Å². The number of hydrogen-bond acceptors (Lipinski definition) is 2. The van der Waals surface area contributed by atoms with Crippen molar-refractivity contribution in [1.29, 1.82) is 0 Å². The van der Waals surface area contributed by atoms with E-state index in [0.717, 1.165) is 25.9 Å². The van der Waals surface area contributed by atoms with E-state index >= 15 is 0 Å². The minimum atomic E-state index is 0. The normalized spacial score (nSPS) is 26.1. The average Bonchev–Trinajstić information content (AvgIpc) is 2.80. The van der Waals surface area contributed by atoms with Crippen molar-refractivity contribution < 1.29 is 4.79 Å². The number of fused-ring (bicyclic) bond motifs is 1. The monoisotopic (exact) mass is 280 g/mol. The second-order valence-corrected chi connectivity index (χ2v) is 5.65. The van der Waals surface area contributed by atoms with E-state index in [1.165, 1.54) is 11.1 Å². The zero-order chi connectivity index (χ0) is 12.7. The summed E-state index contributed by atoms with van der Waals surface area (Å²) < 4.78 is 0. The molecule has 4 heteroatoms. The third-order valence-electron chi connectivity index (χ3n) is 4.43. The van der Waals surface area contributed by atoms with Crippen LogP contribution in [0.2, 0.25) is 0 Å². The van der Waals surface area contributed by atoms with Crippen LogP contribution in [0.25, 0.3) is 0 Å². The second-order valence-electron chi connectivity index (χ2n) is 5.65. The molecule has 1 amide bonds. The van der Waals surface area contributed by atoms with E-state index in [1.54, 1.807) is 0 Å². The van der Waals surface area contributed by atoms with Crippen LogP contribution < -0.4 is 5.73 Å². The standard InChI is InChI=1S/C15H20N2O.ClH/c1-10(16)12-6-7-17(9-12)15(18)14-8-11-4-2-3-5-13(11)14;/h2-5,10,12,14H,6-9,16H2,1H3;1H. The number of likely N-dealkylation sites (tertiary alicyclic amines) is 1. The molecule has 3 unspecified atom stereocenters. The van der Waals surface area contributed by atoms with Gasteiger partial charge in [-0.05, 0) is 36.8 Å². The van der Waals surface area contributed by atoms with Gasteiger partial charge in [0.15, 0.2) is 0 Å². The summed E-state index contributed by atoms with van der Waals surface area (Å²) in [7, 11) is 0. The number of hydrogen-bond donors (Lipinski definition) is 1. The molecule has 0 saturated carbocycles. The number of amides is 1. The van der Waals surface area contributed by atoms with Crippen LogP contribution in [0.5, 0.6) is 0 Å². The number of carbonyl (C=O) groups is 1. The van der Waals surface area contributed by atoms with Gasteiger partial charge < -0.3 is 10.6 Å². The quantitative estimate of drug-likeness (QED) is 0.900. The molecule has 3 rings (SSSR count). The molecule has 1 aromatic carbocycles. The van der Waals surface area contributed by atoms with Crippen LogP contribution in [-0.2, 0) is 11.2 Å². The Morgan fingerprint density at radius 2 is 2.16 bits per heavy atom. The fourth-order valence-corrected chi connectivity index (χ4v) is 3.12. The van der Waals surface area contributed by atoms with Gasteiger partial charge in [0.05, 0.1) is 5.92 Å². The van der Waals surface area contributed by atoms with Gasteiger partial charge in [0.2, 0.25) is 5.91 Å². The van der Waals surface area contributed by atoms with Crippen LogP contribution in [0.4, 0.5) is 0 Å². The molecule has 3 atom stereocenters. The Morgan fingerprint density at radius 1 is 1.42 bits per heavy atom. The van der Waals surface area contributed by atoms with Gasteiger partial charge in [-0.3, -0.25) is 4.79 Å². The predicted molar refractivity (Wildman–Crippen MR) is 78.5 cm³/mol. The first-order valence-electron chi connectivity index (χ1n) is 6.79. The first-order valence-corrected chi connectivity index (χ1v) is 6.79. The Hall–Kier alpha value is -1.06. The van der Waals surface area contributed by atoms with E-state index in [4.69, 9.17) is 5.73 Å². The van der Waals surface area contributed by atoms with Crippen LogP contribution in [0.3, 0.4) is 0 Å². The second kappa shape index (κ2) is 5.51. The fraction of sp³-hybridized carbons (Fsp3) is 0.533. The molecule has 0 bridgehead atoms. The highest BCUT2D eigenvalue weighted by molar-refractivity contribution is 5.87. The maximum absolute atomic E-state index is 12.4. The van der Waals surface area contributed by atoms with E-state index in [-0.39, 0.29) is 24.4 Å². The van der Waals surface area contributed by atoms with E-state index in [1.807, 2.05) is 24.0 Å². The first kappa shape index (κ1) is 14.4. The minimum Gasteiger partial charge on any atom is -0.342 e. The lowest BCUT2D eigenvalue weighted by atomic mass is 9.77. The maximum Gasteiger partial charge on any atom is 0.230 e. The number of rotatable bonds is 2. The van der Waals surface area contributed by atoms with Gasteiger partial charge in [0, 0.05) is 19.1 Å². The van der Waals surface area contributed by atoms with Crippen molar-refractivity contribution in [3.8, 4) is 0 Å². The zero-order valence-electron chi connectivity index (χ0n) is 11.2. The summed E-state index contributed by atoms with van der Waals surface area (Å²) in [4.78, 5) is 14.5. The fourth-order valence-electron chi connectivity index (χ4n) is 3.12. The van der Waals surface area contributed by atoms with Gasteiger partial charge in [0.1, 0.15) is 0 Å². The lowest BCUT2D eigenvalue weighted by molar-refractivity contribution is -0.132. The van der Waals surface area contributed by atoms with Gasteiger partial charge in [-0.25, -0.2) is 0 Å². The van der Waals surface area contributed by atoms with E-state index < -0.39 is 0 Å². The number of nitrogens with zero attached hydrogens (tertiary/aromatic N) is 1. The van der Waals surface area contributed by atoms with Gasteiger partial charge in [-0.1, -0.05) is 24.3 Å². The summed E-state index contributed by atoms with van der Waals surface area (Å²) in [6, 6.07) is 8.46. The van der Waals surface area contributed by atoms with E-state index in [9.17, 15) is 4.79 Å². The molecule has 2 N–H and O–H groups in total. The van der Waals surface area contributed by atoms with Crippen molar-refractivity contribution >= 4 is 18.3 Å². The Morgan fingerprint density at radius 3 is 2.79 bits per heavy atom. The SMILES string of the molecule is CC(N)C1CCN(C(=O)C2Cc3ccccc32)C1.Cl. The third-order valence-corrected chi connectivity index (χ3v) is 4.43. The summed E-state index contributed by atoms with van der Waals surface area (Å²) >= 11 is 0. The van der Waals surface area contributed by atoms with Crippen LogP contribution in [-0.4, -0.2) is 29.9 Å². The molecule has 1 fully saturated rings. The summed E-state index contributed by atoms with van der Waals surface area (Å²) in [6.07, 6.45) is 1.96. The van der Waals surface area contributed by atoms with E-state index in [2.05, 4.69) is 12.1 Å². The predicted octanol–water partition coefficient (Wildman–Crippen LogP) is 1.94. The molecule has 0 aromatic heterocycles. The molecule has 2 aliphatic rings. The number of halogens is 1. The van der Waals surface area contributed by atoms with Crippen molar-refractivity contribution in [3.05, 3.63) is 35.4 Å². The smallest absolute Gasteiger partial charge is 0.230 e. The van der Waals surface area contributed by atoms with Crippen molar-refractivity contribution in [2.45, 2.75) is 31.7 Å². The first-order chi connectivity index (χ1) is 8.66. The summed E-state index contributed by atoms with van der Waals surface area (Å²) in [5.74, 6) is 0.883. The lowest BCUT2D eigenvalue weighted by Crippen LogP contribution is -2.39. The Balaban J connectivity index is 0.00000133. The maximum atomic E-state index is 12.4. The Kier molecular flexibility index (Phi) is 4.16. The van der Waals surface area contributed by atoms with Crippen LogP contribution in [0.15, 0.2) is 24.3 Å². The molecule has 1 saturated heterocycles. The summed E-state index contributed by atoms with van der Waals surface area (Å²) in [5, 5.41) is 0. The van der Waals surface area contributed by atoms with Crippen LogP contribution in [0, 0.1) is 5.92 Å². The van der Waals surface area contributed by atoms with E-state index in [0.29, 0.717) is 11.8 Å². The molecule has 1 aliphatic heterocycles. The third kappa shape index (κ3) is 2.49. The number of nitrogens with two attached hydrogens (primary N) is 1. The highest BCUT2D eigenvalue weighted by Gasteiger charge is 2.37. The summed E-state index contributed by atoms with van der Waals surface area (Å²) in [6.45, 7) is 3.76. The molecule has 1 aromatic rings. The highest BCUT2D eigenvalue weighted by atomic mass is 35.5. The van der Waals surface area contributed by atoms with Crippen LogP contribution >= 0.6 is 12.4 Å². The molecule has 104 valence electrons. The molecule has 19 heavy (non-hydrogen) atoms. The topological polar surface area (TPSA) is 46.3 Å². The van der Waals surface area contributed by atoms with Gasteiger partial charge >= 0.3 is 0 Å². The van der Waals surface area contributed by atoms with Gasteiger partial charge in [-0.15, -0.1) is 12.4 Å². The molecule has 1 aliphatic carbocycles. The van der Waals surface area contributed by atoms with Gasteiger partial charge in [-0.2, -0.15) is 0 Å². The van der Waals surface area contributed by atoms with Crippen molar-refractivity contribution in [2.75, 3.05) is 13.1 Å². The number of carbonyl (C=O) groups excluding carboxylic acids is 1. The summed E-state index contributed by atoms with van der Waals surface area (Å²) in [5.41, 5.74) is 8.48. The molecule has 1 heterocycles. The molecular weight excluding hydrogens is 260 g/mol. The zero-order valence-corrected chi connectivity index (χ0v) is 12.0. The van der Waals surface area contributed by atoms with Crippen molar-refractivity contribution in [1.82, 2.24) is 4.90 Å².